The number of anilines is 1. The number of aliphatic hydroxyl groups is 1. The lowest BCUT2D eigenvalue weighted by Gasteiger charge is -2.26. The molecule has 0 spiro atoms. The highest BCUT2D eigenvalue weighted by Crippen LogP contribution is 2.17. The van der Waals surface area contributed by atoms with Crippen LogP contribution in [0.2, 0.25) is 0 Å². The molecular formula is C15H26N2O2. The number of nitrogens with two attached hydrogens (primary N) is 1. The number of ether oxygens (including phenoxy) is 1. The molecule has 0 aliphatic rings. The van der Waals surface area contributed by atoms with Gasteiger partial charge in [-0.05, 0) is 23.6 Å². The Morgan fingerprint density at radius 2 is 2.05 bits per heavy atom. The molecule has 4 nitrogen and oxygen atoms in total. The van der Waals surface area contributed by atoms with Crippen LogP contribution < -0.4 is 5.73 Å². The van der Waals surface area contributed by atoms with E-state index in [0.29, 0.717) is 24.8 Å². The molecule has 0 fully saturated rings. The predicted molar refractivity (Wildman–Crippen MR) is 79.0 cm³/mol. The number of nitrogens with zero attached hydrogens (tertiary/aromatic N) is 1. The zero-order chi connectivity index (χ0) is 14.3. The number of aliphatic hydroxyl groups excluding tert-OH is 1. The predicted octanol–water partition coefficient (Wildman–Crippen LogP) is 1.91. The topological polar surface area (TPSA) is 58.7 Å². The van der Waals surface area contributed by atoms with Crippen molar-refractivity contribution in [2.45, 2.75) is 20.0 Å². The number of rotatable bonds is 8. The highest BCUT2D eigenvalue weighted by atomic mass is 16.5. The van der Waals surface area contributed by atoms with Crippen LogP contribution in [0.4, 0.5) is 5.69 Å². The van der Waals surface area contributed by atoms with Gasteiger partial charge in [-0.2, -0.15) is 0 Å². The lowest BCUT2D eigenvalue weighted by atomic mass is 10.1. The summed E-state index contributed by atoms with van der Waals surface area (Å²) in [4.78, 5) is 2.22. The Bertz CT molecular complexity index is 369. The first-order chi connectivity index (χ1) is 9.02. The van der Waals surface area contributed by atoms with Gasteiger partial charge in [0.1, 0.15) is 0 Å². The van der Waals surface area contributed by atoms with E-state index in [9.17, 15) is 5.11 Å². The van der Waals surface area contributed by atoms with Crippen molar-refractivity contribution in [3.05, 3.63) is 29.8 Å². The first kappa shape index (κ1) is 16.0. The number of nitrogen functional groups attached to an aromatic ring is 1. The summed E-state index contributed by atoms with van der Waals surface area (Å²) >= 11 is 0. The molecule has 0 saturated heterocycles. The second kappa shape index (κ2) is 8.15. The van der Waals surface area contributed by atoms with E-state index < -0.39 is 6.10 Å². The van der Waals surface area contributed by atoms with Gasteiger partial charge in [0.25, 0.3) is 0 Å². The van der Waals surface area contributed by atoms with Gasteiger partial charge in [-0.25, -0.2) is 0 Å². The summed E-state index contributed by atoms with van der Waals surface area (Å²) in [6.45, 7) is 7.40. The van der Waals surface area contributed by atoms with Gasteiger partial charge in [0.05, 0.1) is 12.7 Å². The van der Waals surface area contributed by atoms with Crippen molar-refractivity contribution < 1.29 is 9.84 Å². The fourth-order valence-electron chi connectivity index (χ4n) is 2.11. The van der Waals surface area contributed by atoms with Crippen molar-refractivity contribution in [3.63, 3.8) is 0 Å². The van der Waals surface area contributed by atoms with Gasteiger partial charge in [-0.1, -0.05) is 26.0 Å². The van der Waals surface area contributed by atoms with Gasteiger partial charge in [0.2, 0.25) is 0 Å². The number of hydrogen-bond acceptors (Lipinski definition) is 4. The summed E-state index contributed by atoms with van der Waals surface area (Å²) in [5, 5.41) is 10.3. The van der Waals surface area contributed by atoms with Gasteiger partial charge in [0, 0.05) is 32.4 Å². The Kier molecular flexibility index (Phi) is 6.84. The van der Waals surface area contributed by atoms with Crippen LogP contribution in [-0.2, 0) is 4.74 Å². The Labute approximate surface area is 116 Å². The van der Waals surface area contributed by atoms with Crippen LogP contribution >= 0.6 is 0 Å². The van der Waals surface area contributed by atoms with Crippen LogP contribution in [0.25, 0.3) is 0 Å². The average Bonchev–Trinajstić information content (AvgIpc) is 2.35. The summed E-state index contributed by atoms with van der Waals surface area (Å²) in [6, 6.07) is 7.43. The minimum Gasteiger partial charge on any atom is -0.399 e. The van der Waals surface area contributed by atoms with Crippen molar-refractivity contribution in [2.75, 3.05) is 39.1 Å². The minimum atomic E-state index is -0.515. The van der Waals surface area contributed by atoms with Crippen LogP contribution in [0, 0.1) is 5.92 Å². The molecule has 0 aliphatic heterocycles. The standard InChI is InChI=1S/C15H26N2O2/c1-12(2)10-17(7-8-19-3)11-15(18)13-5-4-6-14(16)9-13/h4-6,9,12,15,18H,7-8,10-11,16H2,1-3H3. The molecule has 1 unspecified atom stereocenters. The van der Waals surface area contributed by atoms with Crippen molar-refractivity contribution in [3.8, 4) is 0 Å². The van der Waals surface area contributed by atoms with Gasteiger partial charge >= 0.3 is 0 Å². The van der Waals surface area contributed by atoms with Crippen molar-refractivity contribution >= 4 is 5.69 Å². The molecule has 1 aromatic carbocycles. The Balaban J connectivity index is 2.61. The maximum atomic E-state index is 10.3. The van der Waals surface area contributed by atoms with E-state index in [-0.39, 0.29) is 0 Å². The van der Waals surface area contributed by atoms with E-state index in [1.54, 1.807) is 7.11 Å². The maximum absolute atomic E-state index is 10.3. The lowest BCUT2D eigenvalue weighted by molar-refractivity contribution is 0.0825. The Morgan fingerprint density at radius 3 is 2.63 bits per heavy atom. The Morgan fingerprint density at radius 1 is 1.32 bits per heavy atom. The molecule has 108 valence electrons. The van der Waals surface area contributed by atoms with E-state index >= 15 is 0 Å². The monoisotopic (exact) mass is 266 g/mol. The molecule has 0 radical (unpaired) electrons. The van der Waals surface area contributed by atoms with Gasteiger partial charge in [0.15, 0.2) is 0 Å². The van der Waals surface area contributed by atoms with Crippen LogP contribution in [0.15, 0.2) is 24.3 Å². The second-order valence-electron chi connectivity index (χ2n) is 5.33. The molecule has 0 saturated carbocycles. The summed E-state index contributed by atoms with van der Waals surface area (Å²) in [5.74, 6) is 0.560. The quantitative estimate of drug-likeness (QED) is 0.706. The zero-order valence-electron chi connectivity index (χ0n) is 12.2. The molecular weight excluding hydrogens is 240 g/mol. The number of benzene rings is 1. The Hall–Kier alpha value is -1.10. The molecule has 0 amide bonds. The molecule has 1 rings (SSSR count). The molecule has 0 bridgehead atoms. The molecule has 1 atom stereocenters. The van der Waals surface area contributed by atoms with Crippen LogP contribution in [0.5, 0.6) is 0 Å². The first-order valence-electron chi connectivity index (χ1n) is 6.77. The summed E-state index contributed by atoms with van der Waals surface area (Å²) in [6.07, 6.45) is -0.515. The molecule has 0 aromatic heterocycles. The van der Waals surface area contributed by atoms with Crippen LogP contribution in [-0.4, -0.2) is 43.4 Å². The first-order valence-corrected chi connectivity index (χ1v) is 6.77. The maximum Gasteiger partial charge on any atom is 0.0917 e. The summed E-state index contributed by atoms with van der Waals surface area (Å²) in [7, 11) is 1.70. The smallest absolute Gasteiger partial charge is 0.0917 e. The third-order valence-electron chi connectivity index (χ3n) is 2.96. The fraction of sp³-hybridized carbons (Fsp3) is 0.600. The van der Waals surface area contributed by atoms with Crippen LogP contribution in [0.3, 0.4) is 0 Å². The molecule has 0 heterocycles. The normalized spacial score (nSPS) is 13.2. The molecule has 4 heteroatoms. The fourth-order valence-corrected chi connectivity index (χ4v) is 2.11. The second-order valence-corrected chi connectivity index (χ2v) is 5.33. The average molecular weight is 266 g/mol. The molecule has 0 aliphatic carbocycles. The van der Waals surface area contributed by atoms with Crippen LogP contribution in [0.1, 0.15) is 25.5 Å². The van der Waals surface area contributed by atoms with E-state index in [1.165, 1.54) is 0 Å². The van der Waals surface area contributed by atoms with Crippen molar-refractivity contribution in [1.29, 1.82) is 0 Å². The van der Waals surface area contributed by atoms with Gasteiger partial charge < -0.3 is 15.6 Å². The lowest BCUT2D eigenvalue weighted by Crippen LogP contribution is -2.34. The van der Waals surface area contributed by atoms with Crippen molar-refractivity contribution in [2.24, 2.45) is 5.92 Å². The van der Waals surface area contributed by atoms with E-state index in [0.717, 1.165) is 18.7 Å². The molecule has 1 aromatic rings. The van der Waals surface area contributed by atoms with E-state index in [1.807, 2.05) is 24.3 Å². The summed E-state index contributed by atoms with van der Waals surface area (Å²) < 4.78 is 5.12. The minimum absolute atomic E-state index is 0.515. The zero-order valence-corrected chi connectivity index (χ0v) is 12.2. The van der Waals surface area contributed by atoms with Gasteiger partial charge in [-0.15, -0.1) is 0 Å². The largest absolute Gasteiger partial charge is 0.399 e. The van der Waals surface area contributed by atoms with E-state index in [4.69, 9.17) is 10.5 Å². The number of methoxy groups -OCH3 is 1. The molecule has 3 N–H and O–H groups in total. The van der Waals surface area contributed by atoms with Gasteiger partial charge in [-0.3, -0.25) is 4.90 Å². The molecule has 19 heavy (non-hydrogen) atoms. The number of hydrogen-bond donors (Lipinski definition) is 2. The highest BCUT2D eigenvalue weighted by Gasteiger charge is 2.14. The third-order valence-corrected chi connectivity index (χ3v) is 2.96. The highest BCUT2D eigenvalue weighted by molar-refractivity contribution is 5.41. The van der Waals surface area contributed by atoms with Crippen molar-refractivity contribution in [1.82, 2.24) is 4.90 Å². The SMILES string of the molecule is COCCN(CC(C)C)CC(O)c1cccc(N)c1. The third kappa shape index (κ3) is 6.05. The summed E-state index contributed by atoms with van der Waals surface area (Å²) in [5.41, 5.74) is 7.29. The van der Waals surface area contributed by atoms with E-state index in [2.05, 4.69) is 18.7 Å².